The van der Waals surface area contributed by atoms with Gasteiger partial charge in [0.1, 0.15) is 11.5 Å². The lowest BCUT2D eigenvalue weighted by molar-refractivity contribution is -0.122. The standard InChI is InChI=1S/C30H24BrNO4/c1-35-21-10-6-17(7-11-21)25(18-8-12-22(36-2)13-9-18)26-23-14-15-24(26)28-27(23)29(33)32(30(28)34)20-5-3-4-19(31)16-20/h3-16,23-24,27-28H,1-2H3/t23-,24-,27+,28+/m0/s1. The van der Waals surface area contributed by atoms with Crippen molar-refractivity contribution in [1.29, 1.82) is 0 Å². The first-order valence-corrected chi connectivity index (χ1v) is 12.7. The summed E-state index contributed by atoms with van der Waals surface area (Å²) in [6.07, 6.45) is 4.23. The van der Waals surface area contributed by atoms with E-state index in [-0.39, 0.29) is 23.7 Å². The number of nitrogens with zero attached hydrogens (tertiary/aromatic N) is 1. The first kappa shape index (κ1) is 22.8. The molecule has 3 aromatic carbocycles. The molecule has 180 valence electrons. The molecule has 3 aromatic rings. The Morgan fingerprint density at radius 2 is 1.25 bits per heavy atom. The summed E-state index contributed by atoms with van der Waals surface area (Å²) in [5.41, 5.74) is 4.86. The number of amides is 2. The number of fused-ring (bicyclic) bond motifs is 5. The Hall–Kier alpha value is -3.64. The molecule has 36 heavy (non-hydrogen) atoms. The Morgan fingerprint density at radius 1 is 0.750 bits per heavy atom. The third kappa shape index (κ3) is 3.43. The zero-order chi connectivity index (χ0) is 25.0. The number of imide groups is 1. The Bertz CT molecular complexity index is 1340. The lowest BCUT2D eigenvalue weighted by Gasteiger charge is -2.22. The van der Waals surface area contributed by atoms with Crippen LogP contribution in [0.4, 0.5) is 5.69 Å². The van der Waals surface area contributed by atoms with Crippen molar-refractivity contribution in [3.63, 3.8) is 0 Å². The number of allylic oxidation sites excluding steroid dienone is 3. The van der Waals surface area contributed by atoms with Crippen LogP contribution in [0.5, 0.6) is 11.5 Å². The molecule has 0 N–H and O–H groups in total. The van der Waals surface area contributed by atoms with Gasteiger partial charge in [0.05, 0.1) is 31.7 Å². The molecule has 2 aliphatic carbocycles. The monoisotopic (exact) mass is 541 g/mol. The Kier molecular flexibility index (Phi) is 5.56. The maximum absolute atomic E-state index is 13.7. The zero-order valence-electron chi connectivity index (χ0n) is 19.9. The minimum absolute atomic E-state index is 0.124. The Balaban J connectivity index is 1.48. The molecule has 5 nitrogen and oxygen atoms in total. The van der Waals surface area contributed by atoms with E-state index in [1.54, 1.807) is 14.2 Å². The Morgan fingerprint density at radius 3 is 1.69 bits per heavy atom. The maximum atomic E-state index is 13.7. The molecular weight excluding hydrogens is 518 g/mol. The minimum atomic E-state index is -0.395. The lowest BCUT2D eigenvalue weighted by atomic mass is 9.85. The number of carbonyl (C=O) groups is 2. The number of benzene rings is 3. The van der Waals surface area contributed by atoms with Crippen LogP contribution in [0.25, 0.3) is 5.57 Å². The smallest absolute Gasteiger partial charge is 0.238 e. The molecule has 0 radical (unpaired) electrons. The van der Waals surface area contributed by atoms with Gasteiger partial charge in [0, 0.05) is 16.3 Å². The van der Waals surface area contributed by atoms with E-state index in [1.165, 1.54) is 4.90 Å². The van der Waals surface area contributed by atoms with Gasteiger partial charge in [-0.05, 0) is 64.7 Å². The van der Waals surface area contributed by atoms with Crippen LogP contribution in [0.3, 0.4) is 0 Å². The van der Waals surface area contributed by atoms with Gasteiger partial charge in [-0.2, -0.15) is 0 Å². The van der Waals surface area contributed by atoms with Crippen molar-refractivity contribution in [2.24, 2.45) is 23.7 Å². The molecule has 0 spiro atoms. The molecule has 1 saturated carbocycles. The number of halogens is 1. The number of carbonyl (C=O) groups excluding carboxylic acids is 2. The van der Waals surface area contributed by atoms with Crippen molar-refractivity contribution in [3.05, 3.63) is 106 Å². The zero-order valence-corrected chi connectivity index (χ0v) is 21.4. The van der Waals surface area contributed by atoms with Gasteiger partial charge in [0.2, 0.25) is 11.8 Å². The number of anilines is 1. The van der Waals surface area contributed by atoms with Gasteiger partial charge in [-0.15, -0.1) is 0 Å². The second-order valence-electron chi connectivity index (χ2n) is 9.27. The SMILES string of the molecule is COc1ccc(C(=C2[C@@H]3C=C[C@@H]2[C@H]2C(=O)N(c4cccc(Br)c4)C(=O)[C@@H]23)c2ccc(OC)cc2)cc1. The normalized spacial score (nSPS) is 23.9. The van der Waals surface area contributed by atoms with Crippen molar-refractivity contribution >= 4 is 39.0 Å². The van der Waals surface area contributed by atoms with Crippen LogP contribution in [0, 0.1) is 23.7 Å². The largest absolute Gasteiger partial charge is 0.497 e. The van der Waals surface area contributed by atoms with Gasteiger partial charge in [0.15, 0.2) is 0 Å². The first-order valence-electron chi connectivity index (χ1n) is 11.9. The molecule has 3 aliphatic rings. The fourth-order valence-electron chi connectivity index (χ4n) is 5.98. The van der Waals surface area contributed by atoms with Crippen molar-refractivity contribution < 1.29 is 19.1 Å². The second kappa shape index (κ2) is 8.79. The molecule has 2 amide bonds. The van der Waals surface area contributed by atoms with Gasteiger partial charge in [-0.1, -0.05) is 58.4 Å². The van der Waals surface area contributed by atoms with Gasteiger partial charge in [-0.25, -0.2) is 4.90 Å². The molecule has 6 rings (SSSR count). The fourth-order valence-corrected chi connectivity index (χ4v) is 6.37. The van der Waals surface area contributed by atoms with Crippen molar-refractivity contribution in [3.8, 4) is 11.5 Å². The van der Waals surface area contributed by atoms with E-state index in [4.69, 9.17) is 9.47 Å². The molecular formula is C30H24BrNO4. The summed E-state index contributed by atoms with van der Waals surface area (Å²) in [6, 6.07) is 23.3. The van der Waals surface area contributed by atoms with E-state index >= 15 is 0 Å². The quantitative estimate of drug-likeness (QED) is 0.298. The topological polar surface area (TPSA) is 55.8 Å². The van der Waals surface area contributed by atoms with Gasteiger partial charge >= 0.3 is 0 Å². The van der Waals surface area contributed by atoms with Crippen LogP contribution >= 0.6 is 15.9 Å². The predicted octanol–water partition coefficient (Wildman–Crippen LogP) is 5.89. The third-order valence-electron chi connectivity index (χ3n) is 7.53. The Labute approximate surface area is 218 Å². The van der Waals surface area contributed by atoms with Crippen molar-refractivity contribution in [2.45, 2.75) is 0 Å². The van der Waals surface area contributed by atoms with E-state index in [1.807, 2.05) is 72.8 Å². The van der Waals surface area contributed by atoms with Crippen LogP contribution < -0.4 is 14.4 Å². The number of rotatable bonds is 5. The highest BCUT2D eigenvalue weighted by Crippen LogP contribution is 2.59. The molecule has 2 bridgehead atoms. The molecule has 2 fully saturated rings. The van der Waals surface area contributed by atoms with Gasteiger partial charge in [-0.3, -0.25) is 9.59 Å². The average Bonchev–Trinajstić information content (AvgIpc) is 3.54. The van der Waals surface area contributed by atoms with E-state index < -0.39 is 11.8 Å². The van der Waals surface area contributed by atoms with E-state index in [0.29, 0.717) is 5.69 Å². The van der Waals surface area contributed by atoms with Crippen LogP contribution in [0.15, 0.2) is 95.0 Å². The van der Waals surface area contributed by atoms with E-state index in [9.17, 15) is 9.59 Å². The van der Waals surface area contributed by atoms with E-state index in [2.05, 4.69) is 28.1 Å². The van der Waals surface area contributed by atoms with Crippen molar-refractivity contribution in [1.82, 2.24) is 0 Å². The van der Waals surface area contributed by atoms with Crippen LogP contribution in [-0.4, -0.2) is 26.0 Å². The summed E-state index contributed by atoms with van der Waals surface area (Å²) in [6.45, 7) is 0. The minimum Gasteiger partial charge on any atom is -0.497 e. The highest BCUT2D eigenvalue weighted by Gasteiger charge is 2.62. The molecule has 6 heteroatoms. The number of ether oxygens (including phenoxy) is 2. The summed E-state index contributed by atoms with van der Waals surface area (Å²) in [4.78, 5) is 28.8. The second-order valence-corrected chi connectivity index (χ2v) is 10.2. The van der Waals surface area contributed by atoms with E-state index in [0.717, 1.165) is 38.2 Å². The third-order valence-corrected chi connectivity index (χ3v) is 8.02. The summed E-state index contributed by atoms with van der Waals surface area (Å²) in [7, 11) is 3.29. The molecule has 1 heterocycles. The molecule has 1 aliphatic heterocycles. The summed E-state index contributed by atoms with van der Waals surface area (Å²) in [5.74, 6) is 0.249. The highest BCUT2D eigenvalue weighted by atomic mass is 79.9. The lowest BCUT2D eigenvalue weighted by Crippen LogP contribution is -2.33. The summed E-state index contributed by atoms with van der Waals surface area (Å²) in [5, 5.41) is 0. The fraction of sp³-hybridized carbons (Fsp3) is 0.200. The molecule has 0 aromatic heterocycles. The molecule has 0 unspecified atom stereocenters. The van der Waals surface area contributed by atoms with Gasteiger partial charge in [0.25, 0.3) is 0 Å². The number of hydrogen-bond donors (Lipinski definition) is 0. The van der Waals surface area contributed by atoms with Crippen LogP contribution in [-0.2, 0) is 9.59 Å². The highest BCUT2D eigenvalue weighted by molar-refractivity contribution is 9.10. The molecule has 1 saturated heterocycles. The van der Waals surface area contributed by atoms with Crippen LogP contribution in [0.2, 0.25) is 0 Å². The summed E-state index contributed by atoms with van der Waals surface area (Å²) >= 11 is 3.46. The maximum Gasteiger partial charge on any atom is 0.238 e. The van der Waals surface area contributed by atoms with Gasteiger partial charge < -0.3 is 9.47 Å². The predicted molar refractivity (Wildman–Crippen MR) is 142 cm³/mol. The van der Waals surface area contributed by atoms with Crippen LogP contribution in [0.1, 0.15) is 11.1 Å². The summed E-state index contributed by atoms with van der Waals surface area (Å²) < 4.78 is 11.6. The first-order chi connectivity index (χ1) is 17.5. The number of methoxy groups -OCH3 is 2. The van der Waals surface area contributed by atoms with Crippen molar-refractivity contribution in [2.75, 3.05) is 19.1 Å². The average molecular weight is 542 g/mol. The number of hydrogen-bond acceptors (Lipinski definition) is 4. The molecule has 4 atom stereocenters.